The van der Waals surface area contributed by atoms with E-state index in [-0.39, 0.29) is 17.7 Å². The van der Waals surface area contributed by atoms with Crippen LogP contribution in [0.25, 0.3) is 0 Å². The minimum Gasteiger partial charge on any atom is -0.385 e. The van der Waals surface area contributed by atoms with Crippen LogP contribution < -0.4 is 5.32 Å². The maximum atomic E-state index is 12.9. The summed E-state index contributed by atoms with van der Waals surface area (Å²) in [5.41, 5.74) is -0.0331. The van der Waals surface area contributed by atoms with E-state index in [2.05, 4.69) is 5.32 Å². The van der Waals surface area contributed by atoms with Crippen LogP contribution in [-0.4, -0.2) is 18.2 Å². The lowest BCUT2D eigenvalue weighted by Crippen LogP contribution is -2.52. The molecule has 0 saturated carbocycles. The molecule has 1 saturated heterocycles. The summed E-state index contributed by atoms with van der Waals surface area (Å²) in [6, 6.07) is 6.20. The Hall–Kier alpha value is -0.930. The first kappa shape index (κ1) is 11.6. The second-order valence-electron chi connectivity index (χ2n) is 4.79. The van der Waals surface area contributed by atoms with Crippen molar-refractivity contribution in [1.82, 2.24) is 5.32 Å². The summed E-state index contributed by atoms with van der Waals surface area (Å²) in [4.78, 5) is 0. The van der Waals surface area contributed by atoms with Crippen LogP contribution in [0.5, 0.6) is 0 Å². The molecule has 2 N–H and O–H groups in total. The van der Waals surface area contributed by atoms with Crippen molar-refractivity contribution in [3.8, 4) is 0 Å². The van der Waals surface area contributed by atoms with Crippen LogP contribution in [0.2, 0.25) is 0 Å². The van der Waals surface area contributed by atoms with Crippen LogP contribution in [0.1, 0.15) is 19.4 Å². The Labute approximate surface area is 95.5 Å². The van der Waals surface area contributed by atoms with Crippen LogP contribution >= 0.6 is 0 Å². The van der Waals surface area contributed by atoms with E-state index in [4.69, 9.17) is 0 Å². The molecule has 1 heterocycles. The number of rotatable bonds is 1. The van der Waals surface area contributed by atoms with Crippen molar-refractivity contribution in [2.45, 2.75) is 19.4 Å². The van der Waals surface area contributed by atoms with Gasteiger partial charge in [0.05, 0.1) is 5.60 Å². The largest absolute Gasteiger partial charge is 0.385 e. The molecule has 0 aromatic heterocycles. The molecule has 2 nitrogen and oxygen atoms in total. The van der Waals surface area contributed by atoms with E-state index in [1.165, 1.54) is 12.1 Å². The lowest BCUT2D eigenvalue weighted by atomic mass is 9.71. The summed E-state index contributed by atoms with van der Waals surface area (Å²) >= 11 is 0. The predicted octanol–water partition coefficient (Wildman–Crippen LogP) is 1.89. The Kier molecular flexibility index (Phi) is 3.00. The number of hydrogen-bond donors (Lipinski definition) is 2. The summed E-state index contributed by atoms with van der Waals surface area (Å²) in [5, 5.41) is 14.1. The maximum absolute atomic E-state index is 12.9. The van der Waals surface area contributed by atoms with Gasteiger partial charge in [-0.25, -0.2) is 4.39 Å². The fourth-order valence-electron chi connectivity index (χ4n) is 2.60. The average molecular weight is 223 g/mol. The first-order valence-corrected chi connectivity index (χ1v) is 5.74. The molecule has 1 aliphatic heterocycles. The smallest absolute Gasteiger partial charge is 0.123 e. The van der Waals surface area contributed by atoms with Gasteiger partial charge in [0.2, 0.25) is 0 Å². The lowest BCUT2D eigenvalue weighted by Gasteiger charge is -2.44. The molecule has 2 rings (SSSR count). The first-order chi connectivity index (χ1) is 7.55. The van der Waals surface area contributed by atoms with Crippen LogP contribution in [-0.2, 0) is 5.60 Å². The molecule has 0 amide bonds. The van der Waals surface area contributed by atoms with Crippen molar-refractivity contribution in [1.29, 1.82) is 0 Å². The van der Waals surface area contributed by atoms with E-state index in [1.54, 1.807) is 12.1 Å². The van der Waals surface area contributed by atoms with Crippen molar-refractivity contribution in [2.24, 2.45) is 11.8 Å². The number of aliphatic hydroxyl groups is 1. The summed E-state index contributed by atoms with van der Waals surface area (Å²) < 4.78 is 12.9. The van der Waals surface area contributed by atoms with Gasteiger partial charge >= 0.3 is 0 Å². The van der Waals surface area contributed by atoms with Crippen molar-refractivity contribution in [3.05, 3.63) is 35.6 Å². The number of halogens is 1. The van der Waals surface area contributed by atoms with E-state index in [9.17, 15) is 9.50 Å². The Balaban J connectivity index is 2.38. The van der Waals surface area contributed by atoms with E-state index in [0.29, 0.717) is 0 Å². The molecule has 16 heavy (non-hydrogen) atoms. The van der Waals surface area contributed by atoms with E-state index < -0.39 is 5.60 Å². The number of hydrogen-bond acceptors (Lipinski definition) is 2. The van der Waals surface area contributed by atoms with Crippen molar-refractivity contribution in [3.63, 3.8) is 0 Å². The van der Waals surface area contributed by atoms with Gasteiger partial charge in [0.15, 0.2) is 0 Å². The zero-order chi connectivity index (χ0) is 11.8. The molecule has 88 valence electrons. The van der Waals surface area contributed by atoms with Crippen LogP contribution in [0.15, 0.2) is 24.3 Å². The molecule has 1 aromatic rings. The zero-order valence-corrected chi connectivity index (χ0v) is 9.70. The quantitative estimate of drug-likeness (QED) is 0.762. The van der Waals surface area contributed by atoms with Crippen LogP contribution in [0, 0.1) is 17.7 Å². The van der Waals surface area contributed by atoms with Crippen LogP contribution in [0.3, 0.4) is 0 Å². The highest BCUT2D eigenvalue weighted by Gasteiger charge is 2.43. The first-order valence-electron chi connectivity index (χ1n) is 5.74. The molecule has 1 aliphatic rings. The second-order valence-corrected chi connectivity index (χ2v) is 4.79. The molecule has 2 atom stereocenters. The standard InChI is InChI=1S/C13H18FNO/c1-9-7-15-8-10(2)13(9,16)11-3-5-12(14)6-4-11/h3-6,9-10,15-16H,7-8H2,1-2H3. The third-order valence-electron chi connectivity index (χ3n) is 3.71. The highest BCUT2D eigenvalue weighted by Crippen LogP contribution is 2.38. The minimum atomic E-state index is -0.848. The van der Waals surface area contributed by atoms with Crippen molar-refractivity contribution in [2.75, 3.05) is 13.1 Å². The molecule has 1 aromatic carbocycles. The third kappa shape index (κ3) is 1.74. The second kappa shape index (κ2) is 4.15. The van der Waals surface area contributed by atoms with Gasteiger partial charge in [-0.05, 0) is 17.7 Å². The zero-order valence-electron chi connectivity index (χ0n) is 9.70. The lowest BCUT2D eigenvalue weighted by molar-refractivity contribution is -0.0807. The number of benzene rings is 1. The highest BCUT2D eigenvalue weighted by atomic mass is 19.1. The summed E-state index contributed by atoms with van der Waals surface area (Å²) in [6.45, 7) is 5.62. The molecule has 0 spiro atoms. The predicted molar refractivity (Wildman–Crippen MR) is 61.5 cm³/mol. The Bertz CT molecular complexity index is 353. The minimum absolute atomic E-state index is 0.127. The van der Waals surface area contributed by atoms with Crippen LogP contribution in [0.4, 0.5) is 4.39 Å². The fraction of sp³-hybridized carbons (Fsp3) is 0.538. The summed E-state index contributed by atoms with van der Waals surface area (Å²) in [6.07, 6.45) is 0. The van der Waals surface area contributed by atoms with Crippen molar-refractivity contribution >= 4 is 0 Å². The van der Waals surface area contributed by atoms with Gasteiger partial charge in [-0.2, -0.15) is 0 Å². The SMILES string of the molecule is CC1CNCC(C)C1(O)c1ccc(F)cc1. The summed E-state index contributed by atoms with van der Waals surface area (Å²) in [5.74, 6) is -0.00925. The Morgan fingerprint density at radius 2 is 1.69 bits per heavy atom. The van der Waals surface area contributed by atoms with Gasteiger partial charge in [-0.1, -0.05) is 26.0 Å². The van der Waals surface area contributed by atoms with Gasteiger partial charge < -0.3 is 10.4 Å². The normalized spacial score (nSPS) is 35.0. The Morgan fingerprint density at radius 1 is 1.19 bits per heavy atom. The molecule has 3 heteroatoms. The summed E-state index contributed by atoms with van der Waals surface area (Å²) in [7, 11) is 0. The monoisotopic (exact) mass is 223 g/mol. The highest BCUT2D eigenvalue weighted by molar-refractivity contribution is 5.25. The Morgan fingerprint density at radius 3 is 2.19 bits per heavy atom. The number of nitrogens with one attached hydrogen (secondary N) is 1. The van der Waals surface area contributed by atoms with E-state index in [1.807, 2.05) is 13.8 Å². The fourth-order valence-corrected chi connectivity index (χ4v) is 2.60. The molecule has 0 aliphatic carbocycles. The maximum Gasteiger partial charge on any atom is 0.123 e. The van der Waals surface area contributed by atoms with Gasteiger partial charge in [0.1, 0.15) is 5.82 Å². The molecule has 0 radical (unpaired) electrons. The van der Waals surface area contributed by atoms with Gasteiger partial charge in [-0.3, -0.25) is 0 Å². The molecule has 2 unspecified atom stereocenters. The third-order valence-corrected chi connectivity index (χ3v) is 3.71. The molecule has 1 fully saturated rings. The molecular formula is C13H18FNO. The van der Waals surface area contributed by atoms with Gasteiger partial charge in [0.25, 0.3) is 0 Å². The molecule has 0 bridgehead atoms. The van der Waals surface area contributed by atoms with E-state index in [0.717, 1.165) is 18.7 Å². The average Bonchev–Trinajstić information content (AvgIpc) is 2.27. The van der Waals surface area contributed by atoms with Gasteiger partial charge in [-0.15, -0.1) is 0 Å². The number of piperidine rings is 1. The van der Waals surface area contributed by atoms with E-state index >= 15 is 0 Å². The van der Waals surface area contributed by atoms with Crippen molar-refractivity contribution < 1.29 is 9.50 Å². The van der Waals surface area contributed by atoms with Gasteiger partial charge in [0, 0.05) is 24.9 Å². The molecular weight excluding hydrogens is 205 g/mol. The topological polar surface area (TPSA) is 32.3 Å².